The average molecular weight is 425 g/mol. The van der Waals surface area contributed by atoms with E-state index in [1.165, 1.54) is 25.3 Å². The first kappa shape index (κ1) is 21.9. The lowest BCUT2D eigenvalue weighted by atomic mass is 10.0. The van der Waals surface area contributed by atoms with Crippen molar-refractivity contribution in [1.29, 1.82) is 0 Å². The van der Waals surface area contributed by atoms with Crippen LogP contribution in [-0.4, -0.2) is 53.7 Å². The Balaban J connectivity index is 2.30. The standard InChI is InChI=1S/C16H16F5N3O3S/c1-3-28(25,26)11-5-4-6-22-13(11)10-7-12(24-9-23-10)27-8-15(2,18)14(17)16(19,20)21/h4-7,9,14H,3,8H2,1-2H3. The first-order chi connectivity index (χ1) is 12.9. The van der Waals surface area contributed by atoms with Gasteiger partial charge in [0.05, 0.1) is 16.3 Å². The molecule has 2 atom stereocenters. The Kier molecular flexibility index (Phi) is 6.21. The SMILES string of the molecule is CCS(=O)(=O)c1cccnc1-c1cc(OCC(C)(F)C(F)C(F)(F)F)ncn1. The number of halogens is 5. The van der Waals surface area contributed by atoms with Crippen LogP contribution in [-0.2, 0) is 9.84 Å². The molecule has 0 radical (unpaired) electrons. The van der Waals surface area contributed by atoms with E-state index < -0.39 is 34.5 Å². The maximum atomic E-state index is 14.0. The molecule has 0 aliphatic heterocycles. The van der Waals surface area contributed by atoms with E-state index in [0.717, 1.165) is 12.4 Å². The van der Waals surface area contributed by atoms with Crippen LogP contribution in [0.15, 0.2) is 35.6 Å². The Hall–Kier alpha value is -2.37. The number of sulfone groups is 1. The Labute approximate surface area is 157 Å². The Morgan fingerprint density at radius 3 is 2.46 bits per heavy atom. The van der Waals surface area contributed by atoms with Crippen molar-refractivity contribution < 1.29 is 35.1 Å². The molecule has 2 aromatic rings. The lowest BCUT2D eigenvalue weighted by Gasteiger charge is -2.25. The Morgan fingerprint density at radius 1 is 1.18 bits per heavy atom. The molecule has 2 aromatic heterocycles. The fourth-order valence-electron chi connectivity index (χ4n) is 2.17. The van der Waals surface area contributed by atoms with Crippen molar-refractivity contribution in [2.24, 2.45) is 0 Å². The molecular formula is C16H16F5N3O3S. The lowest BCUT2D eigenvalue weighted by molar-refractivity contribution is -0.217. The molecule has 0 saturated carbocycles. The van der Waals surface area contributed by atoms with Gasteiger partial charge in [-0.2, -0.15) is 13.2 Å². The molecule has 2 rings (SSSR count). The summed E-state index contributed by atoms with van der Waals surface area (Å²) in [5.74, 6) is -0.566. The highest BCUT2D eigenvalue weighted by atomic mass is 32.2. The maximum Gasteiger partial charge on any atom is 0.422 e. The van der Waals surface area contributed by atoms with Crippen molar-refractivity contribution in [3.8, 4) is 17.3 Å². The zero-order valence-electron chi connectivity index (χ0n) is 14.7. The van der Waals surface area contributed by atoms with Crippen molar-refractivity contribution in [3.63, 3.8) is 0 Å². The van der Waals surface area contributed by atoms with E-state index in [0.29, 0.717) is 6.92 Å². The highest BCUT2D eigenvalue weighted by Gasteiger charge is 2.53. The van der Waals surface area contributed by atoms with Crippen LogP contribution in [0.2, 0.25) is 0 Å². The number of pyridine rings is 1. The van der Waals surface area contributed by atoms with Crippen LogP contribution in [0, 0.1) is 0 Å². The van der Waals surface area contributed by atoms with Crippen molar-refractivity contribution >= 4 is 9.84 Å². The zero-order chi connectivity index (χ0) is 21.2. The molecule has 28 heavy (non-hydrogen) atoms. The van der Waals surface area contributed by atoms with E-state index in [1.54, 1.807) is 0 Å². The van der Waals surface area contributed by atoms with Crippen LogP contribution in [0.5, 0.6) is 5.88 Å². The predicted molar refractivity (Wildman–Crippen MR) is 88.9 cm³/mol. The van der Waals surface area contributed by atoms with Crippen LogP contribution >= 0.6 is 0 Å². The van der Waals surface area contributed by atoms with E-state index in [9.17, 15) is 30.4 Å². The summed E-state index contributed by atoms with van der Waals surface area (Å²) in [5, 5.41) is 0. The number of aromatic nitrogens is 3. The molecule has 0 saturated heterocycles. The molecule has 0 amide bonds. The van der Waals surface area contributed by atoms with Gasteiger partial charge in [0, 0.05) is 12.3 Å². The fourth-order valence-corrected chi connectivity index (χ4v) is 3.22. The topological polar surface area (TPSA) is 82.0 Å². The molecule has 0 fully saturated rings. The van der Waals surface area contributed by atoms with Crippen molar-refractivity contribution in [2.45, 2.75) is 36.8 Å². The Bertz CT molecular complexity index is 935. The van der Waals surface area contributed by atoms with Gasteiger partial charge in [-0.15, -0.1) is 0 Å². The van der Waals surface area contributed by atoms with Crippen molar-refractivity contribution in [3.05, 3.63) is 30.7 Å². The summed E-state index contributed by atoms with van der Waals surface area (Å²) >= 11 is 0. The average Bonchev–Trinajstić information content (AvgIpc) is 2.65. The van der Waals surface area contributed by atoms with Gasteiger partial charge >= 0.3 is 6.18 Å². The molecule has 0 N–H and O–H groups in total. The van der Waals surface area contributed by atoms with E-state index in [-0.39, 0.29) is 27.9 Å². The van der Waals surface area contributed by atoms with Gasteiger partial charge in [-0.1, -0.05) is 6.92 Å². The summed E-state index contributed by atoms with van der Waals surface area (Å²) in [6.45, 7) is 0.584. The van der Waals surface area contributed by atoms with Gasteiger partial charge in [-0.05, 0) is 19.1 Å². The number of alkyl halides is 5. The predicted octanol–water partition coefficient (Wildman–Crippen LogP) is 3.34. The number of rotatable bonds is 7. The quantitative estimate of drug-likeness (QED) is 0.633. The maximum absolute atomic E-state index is 14.0. The number of ether oxygens (including phenoxy) is 1. The molecule has 0 aromatic carbocycles. The molecule has 154 valence electrons. The third kappa shape index (κ3) is 4.91. The van der Waals surface area contributed by atoms with Gasteiger partial charge in [0.2, 0.25) is 12.1 Å². The normalized spacial score (nSPS) is 15.7. The monoisotopic (exact) mass is 425 g/mol. The smallest absolute Gasteiger partial charge is 0.422 e. The molecule has 2 heterocycles. The van der Waals surface area contributed by atoms with Crippen LogP contribution in [0.4, 0.5) is 22.0 Å². The fraction of sp³-hybridized carbons (Fsp3) is 0.438. The molecule has 6 nitrogen and oxygen atoms in total. The minimum atomic E-state index is -5.39. The molecule has 0 bridgehead atoms. The van der Waals surface area contributed by atoms with Gasteiger partial charge in [0.1, 0.15) is 18.6 Å². The second kappa shape index (κ2) is 7.94. The highest BCUT2D eigenvalue weighted by molar-refractivity contribution is 7.91. The van der Waals surface area contributed by atoms with Crippen LogP contribution in [0.25, 0.3) is 11.4 Å². The van der Waals surface area contributed by atoms with Gasteiger partial charge in [0.25, 0.3) is 0 Å². The Morgan fingerprint density at radius 2 is 1.86 bits per heavy atom. The number of nitrogens with zero attached hydrogens (tertiary/aromatic N) is 3. The minimum absolute atomic E-state index is 0.00851. The summed E-state index contributed by atoms with van der Waals surface area (Å²) in [7, 11) is -3.65. The van der Waals surface area contributed by atoms with E-state index >= 15 is 0 Å². The lowest BCUT2D eigenvalue weighted by Crippen LogP contribution is -2.46. The summed E-state index contributed by atoms with van der Waals surface area (Å²) in [5.41, 5.74) is -3.39. The third-order valence-electron chi connectivity index (χ3n) is 3.69. The van der Waals surface area contributed by atoms with Crippen LogP contribution < -0.4 is 4.74 Å². The molecule has 0 spiro atoms. The minimum Gasteiger partial charge on any atom is -0.474 e. The third-order valence-corrected chi connectivity index (χ3v) is 5.45. The van der Waals surface area contributed by atoms with E-state index in [4.69, 9.17) is 4.74 Å². The van der Waals surface area contributed by atoms with Crippen molar-refractivity contribution in [1.82, 2.24) is 15.0 Å². The summed E-state index contributed by atoms with van der Waals surface area (Å²) in [4.78, 5) is 11.3. The molecule has 0 aliphatic carbocycles. The van der Waals surface area contributed by atoms with E-state index in [1.807, 2.05) is 0 Å². The second-order valence-electron chi connectivity index (χ2n) is 5.97. The van der Waals surface area contributed by atoms with Gasteiger partial charge < -0.3 is 4.74 Å². The van der Waals surface area contributed by atoms with Gasteiger partial charge in [-0.25, -0.2) is 27.2 Å². The summed E-state index contributed by atoms with van der Waals surface area (Å²) < 4.78 is 93.7. The van der Waals surface area contributed by atoms with Crippen LogP contribution in [0.1, 0.15) is 13.8 Å². The highest BCUT2D eigenvalue weighted by Crippen LogP contribution is 2.34. The molecule has 0 aliphatic rings. The first-order valence-corrected chi connectivity index (χ1v) is 9.56. The molecule has 2 unspecified atom stereocenters. The summed E-state index contributed by atoms with van der Waals surface area (Å²) in [6, 6.07) is 3.81. The summed E-state index contributed by atoms with van der Waals surface area (Å²) in [6.07, 6.45) is -6.88. The number of hydrogen-bond donors (Lipinski definition) is 0. The van der Waals surface area contributed by atoms with Crippen molar-refractivity contribution in [2.75, 3.05) is 12.4 Å². The second-order valence-corrected chi connectivity index (χ2v) is 8.21. The van der Waals surface area contributed by atoms with E-state index in [2.05, 4.69) is 15.0 Å². The number of hydrogen-bond acceptors (Lipinski definition) is 6. The first-order valence-electron chi connectivity index (χ1n) is 7.91. The largest absolute Gasteiger partial charge is 0.474 e. The van der Waals surface area contributed by atoms with Gasteiger partial charge in [-0.3, -0.25) is 4.98 Å². The molecular weight excluding hydrogens is 409 g/mol. The van der Waals surface area contributed by atoms with Crippen LogP contribution in [0.3, 0.4) is 0 Å². The zero-order valence-corrected chi connectivity index (χ0v) is 15.6. The van der Waals surface area contributed by atoms with Gasteiger partial charge in [0.15, 0.2) is 15.5 Å². The molecule has 12 heteroatoms.